The standard InChI is InChI=1S/C13H22IN3/c1-11(2)8-16-5-3-12(4-6-16)9-17-10-13(14)7-15-17/h7,10-12H,3-6,8-9H2,1-2H3. The van der Waals surface area contributed by atoms with Crippen LogP contribution in [0.5, 0.6) is 0 Å². The fourth-order valence-corrected chi connectivity index (χ4v) is 3.02. The smallest absolute Gasteiger partial charge is 0.0623 e. The maximum absolute atomic E-state index is 4.37. The molecule has 17 heavy (non-hydrogen) atoms. The van der Waals surface area contributed by atoms with Crippen molar-refractivity contribution in [3.05, 3.63) is 16.0 Å². The van der Waals surface area contributed by atoms with Gasteiger partial charge >= 0.3 is 0 Å². The van der Waals surface area contributed by atoms with Crippen molar-refractivity contribution in [3.63, 3.8) is 0 Å². The third-order valence-corrected chi connectivity index (χ3v) is 3.93. The molecule has 0 saturated carbocycles. The van der Waals surface area contributed by atoms with E-state index in [2.05, 4.69) is 57.3 Å². The zero-order valence-electron chi connectivity index (χ0n) is 10.8. The fourth-order valence-electron chi connectivity index (χ4n) is 2.57. The summed E-state index contributed by atoms with van der Waals surface area (Å²) in [5.74, 6) is 1.60. The normalized spacial score (nSPS) is 19.1. The van der Waals surface area contributed by atoms with Gasteiger partial charge < -0.3 is 4.90 Å². The molecular formula is C13H22IN3. The highest BCUT2D eigenvalue weighted by Gasteiger charge is 2.20. The average molecular weight is 347 g/mol. The lowest BCUT2D eigenvalue weighted by atomic mass is 9.96. The number of likely N-dealkylation sites (tertiary alicyclic amines) is 1. The van der Waals surface area contributed by atoms with E-state index in [1.807, 2.05) is 6.20 Å². The molecule has 0 aliphatic carbocycles. The maximum atomic E-state index is 4.37. The van der Waals surface area contributed by atoms with Crippen molar-refractivity contribution in [1.29, 1.82) is 0 Å². The number of aromatic nitrogens is 2. The van der Waals surface area contributed by atoms with Crippen molar-refractivity contribution in [2.45, 2.75) is 33.2 Å². The number of hydrogen-bond donors (Lipinski definition) is 0. The van der Waals surface area contributed by atoms with Gasteiger partial charge in [-0.15, -0.1) is 0 Å². The van der Waals surface area contributed by atoms with Gasteiger partial charge in [0.05, 0.1) is 9.77 Å². The Balaban J connectivity index is 1.75. The van der Waals surface area contributed by atoms with E-state index in [0.29, 0.717) is 0 Å². The molecule has 0 bridgehead atoms. The van der Waals surface area contributed by atoms with Crippen molar-refractivity contribution >= 4 is 22.6 Å². The first-order valence-electron chi connectivity index (χ1n) is 6.54. The topological polar surface area (TPSA) is 21.1 Å². The lowest BCUT2D eigenvalue weighted by Crippen LogP contribution is -2.37. The van der Waals surface area contributed by atoms with Crippen LogP contribution in [0, 0.1) is 15.4 Å². The van der Waals surface area contributed by atoms with Crippen LogP contribution in [0.25, 0.3) is 0 Å². The molecule has 1 saturated heterocycles. The van der Waals surface area contributed by atoms with Gasteiger partial charge in [0.15, 0.2) is 0 Å². The summed E-state index contributed by atoms with van der Waals surface area (Å²) in [6, 6.07) is 0. The summed E-state index contributed by atoms with van der Waals surface area (Å²) in [6.07, 6.45) is 6.72. The van der Waals surface area contributed by atoms with Crippen LogP contribution in [0.4, 0.5) is 0 Å². The van der Waals surface area contributed by atoms with E-state index in [9.17, 15) is 0 Å². The van der Waals surface area contributed by atoms with E-state index < -0.39 is 0 Å². The quantitative estimate of drug-likeness (QED) is 0.781. The molecule has 2 rings (SSSR count). The van der Waals surface area contributed by atoms with Crippen LogP contribution < -0.4 is 0 Å². The molecule has 4 heteroatoms. The SMILES string of the molecule is CC(C)CN1CCC(Cn2cc(I)cn2)CC1. The number of nitrogens with zero attached hydrogens (tertiary/aromatic N) is 3. The third-order valence-electron chi connectivity index (χ3n) is 3.38. The van der Waals surface area contributed by atoms with Gasteiger partial charge in [0.2, 0.25) is 0 Å². The van der Waals surface area contributed by atoms with Gasteiger partial charge in [0.1, 0.15) is 0 Å². The van der Waals surface area contributed by atoms with Gasteiger partial charge in [-0.2, -0.15) is 5.10 Å². The summed E-state index contributed by atoms with van der Waals surface area (Å²) >= 11 is 2.32. The summed E-state index contributed by atoms with van der Waals surface area (Å²) < 4.78 is 3.34. The van der Waals surface area contributed by atoms with E-state index in [4.69, 9.17) is 0 Å². The Kier molecular flexibility index (Phi) is 4.85. The van der Waals surface area contributed by atoms with Crippen molar-refractivity contribution < 1.29 is 0 Å². The summed E-state index contributed by atoms with van der Waals surface area (Å²) in [5.41, 5.74) is 0. The summed E-state index contributed by atoms with van der Waals surface area (Å²) in [5, 5.41) is 4.37. The highest BCUT2D eigenvalue weighted by atomic mass is 127. The minimum Gasteiger partial charge on any atom is -0.303 e. The molecule has 2 heterocycles. The lowest BCUT2D eigenvalue weighted by Gasteiger charge is -2.32. The summed E-state index contributed by atoms with van der Waals surface area (Å²) in [4.78, 5) is 2.61. The molecule has 3 nitrogen and oxygen atoms in total. The molecule has 0 spiro atoms. The van der Waals surface area contributed by atoms with Gasteiger partial charge in [-0.25, -0.2) is 0 Å². The Labute approximate surface area is 118 Å². The molecule has 1 aliphatic heterocycles. The highest BCUT2D eigenvalue weighted by Crippen LogP contribution is 2.19. The van der Waals surface area contributed by atoms with Crippen LogP contribution in [0.1, 0.15) is 26.7 Å². The second kappa shape index (κ2) is 6.18. The molecule has 1 aliphatic rings. The van der Waals surface area contributed by atoms with E-state index in [1.54, 1.807) is 0 Å². The van der Waals surface area contributed by atoms with Gasteiger partial charge in [-0.3, -0.25) is 4.68 Å². The van der Waals surface area contributed by atoms with Gasteiger partial charge in [0.25, 0.3) is 0 Å². The second-order valence-corrected chi connectivity index (χ2v) is 6.76. The van der Waals surface area contributed by atoms with E-state index in [-0.39, 0.29) is 0 Å². The molecular weight excluding hydrogens is 325 g/mol. The lowest BCUT2D eigenvalue weighted by molar-refractivity contribution is 0.157. The van der Waals surface area contributed by atoms with Crippen LogP contribution in [0.15, 0.2) is 12.4 Å². The first-order valence-corrected chi connectivity index (χ1v) is 7.61. The molecule has 0 atom stereocenters. The molecule has 0 aromatic carbocycles. The average Bonchev–Trinajstić information content (AvgIpc) is 2.66. The third kappa shape index (κ3) is 4.25. The van der Waals surface area contributed by atoms with Crippen LogP contribution in [-0.2, 0) is 6.54 Å². The molecule has 1 fully saturated rings. The van der Waals surface area contributed by atoms with Crippen molar-refractivity contribution in [1.82, 2.24) is 14.7 Å². The Morgan fingerprint density at radius 2 is 2.12 bits per heavy atom. The molecule has 0 N–H and O–H groups in total. The predicted octanol–water partition coefficient (Wildman–Crippen LogP) is 2.86. The van der Waals surface area contributed by atoms with E-state index in [1.165, 1.54) is 36.0 Å². The van der Waals surface area contributed by atoms with Crippen LogP contribution >= 0.6 is 22.6 Å². The van der Waals surface area contributed by atoms with Gasteiger partial charge in [0, 0.05) is 19.3 Å². The number of hydrogen-bond acceptors (Lipinski definition) is 2. The summed E-state index contributed by atoms with van der Waals surface area (Å²) in [6.45, 7) is 9.49. The minimum atomic E-state index is 0.791. The maximum Gasteiger partial charge on any atom is 0.0623 e. The molecule has 1 aromatic rings. The number of halogens is 1. The van der Waals surface area contributed by atoms with Crippen molar-refractivity contribution in [2.24, 2.45) is 11.8 Å². The zero-order valence-corrected chi connectivity index (χ0v) is 12.9. The van der Waals surface area contributed by atoms with Crippen molar-refractivity contribution in [3.8, 4) is 0 Å². The Bertz CT molecular complexity index is 340. The second-order valence-electron chi connectivity index (χ2n) is 5.52. The Morgan fingerprint density at radius 1 is 1.41 bits per heavy atom. The Hall–Kier alpha value is -0.100. The Morgan fingerprint density at radius 3 is 2.65 bits per heavy atom. The van der Waals surface area contributed by atoms with Gasteiger partial charge in [-0.1, -0.05) is 13.8 Å². The molecule has 0 amide bonds. The zero-order chi connectivity index (χ0) is 12.3. The van der Waals surface area contributed by atoms with Gasteiger partial charge in [-0.05, 0) is 60.4 Å². The summed E-state index contributed by atoms with van der Waals surface area (Å²) in [7, 11) is 0. The van der Waals surface area contributed by atoms with Crippen LogP contribution in [-0.4, -0.2) is 34.3 Å². The fraction of sp³-hybridized carbons (Fsp3) is 0.769. The molecule has 0 unspecified atom stereocenters. The monoisotopic (exact) mass is 347 g/mol. The van der Waals surface area contributed by atoms with Crippen LogP contribution in [0.3, 0.4) is 0 Å². The predicted molar refractivity (Wildman–Crippen MR) is 78.9 cm³/mol. The number of rotatable bonds is 4. The first-order chi connectivity index (χ1) is 8.13. The van der Waals surface area contributed by atoms with E-state index >= 15 is 0 Å². The molecule has 96 valence electrons. The molecule has 0 radical (unpaired) electrons. The molecule has 1 aromatic heterocycles. The van der Waals surface area contributed by atoms with E-state index in [0.717, 1.165) is 18.4 Å². The first kappa shape index (κ1) is 13.3. The minimum absolute atomic E-state index is 0.791. The van der Waals surface area contributed by atoms with Crippen LogP contribution in [0.2, 0.25) is 0 Å². The highest BCUT2D eigenvalue weighted by molar-refractivity contribution is 14.1. The van der Waals surface area contributed by atoms with Crippen molar-refractivity contribution in [2.75, 3.05) is 19.6 Å². The number of piperidine rings is 1. The largest absolute Gasteiger partial charge is 0.303 e.